The number of hydrogen-bond acceptors (Lipinski definition) is 2. The Balaban J connectivity index is 2.27. The zero-order chi connectivity index (χ0) is 15.4. The van der Waals surface area contributed by atoms with Crippen molar-refractivity contribution < 1.29 is 4.79 Å². The lowest BCUT2D eigenvalue weighted by molar-refractivity contribution is -0.135. The summed E-state index contributed by atoms with van der Waals surface area (Å²) in [6.45, 7) is 7.94. The van der Waals surface area contributed by atoms with Crippen LogP contribution in [0.4, 0.5) is 0 Å². The zero-order valence-corrected chi connectivity index (χ0v) is 13.5. The highest BCUT2D eigenvalue weighted by molar-refractivity contribution is 5.84. The van der Waals surface area contributed by atoms with Crippen LogP contribution in [0.2, 0.25) is 0 Å². The number of carbonyl (C=O) groups excluding carboxylic acids is 1. The van der Waals surface area contributed by atoms with Gasteiger partial charge in [0.25, 0.3) is 0 Å². The number of nitrogens with two attached hydrogens (primary N) is 1. The maximum atomic E-state index is 13.1. The predicted molar refractivity (Wildman–Crippen MR) is 87.0 cm³/mol. The summed E-state index contributed by atoms with van der Waals surface area (Å²) >= 11 is 0. The number of benzene rings is 1. The van der Waals surface area contributed by atoms with Crippen molar-refractivity contribution in [3.8, 4) is 0 Å². The number of amides is 1. The van der Waals surface area contributed by atoms with Crippen LogP contribution in [-0.2, 0) is 4.79 Å². The normalized spacial score (nSPS) is 24.9. The van der Waals surface area contributed by atoms with Crippen LogP contribution in [-0.4, -0.2) is 29.9 Å². The Bertz CT molecular complexity index is 460. The summed E-state index contributed by atoms with van der Waals surface area (Å²) in [6.07, 6.45) is 2.07. The first-order chi connectivity index (χ1) is 10.1. The molecule has 3 heteroatoms. The van der Waals surface area contributed by atoms with E-state index in [0.717, 1.165) is 24.9 Å². The van der Waals surface area contributed by atoms with Crippen LogP contribution in [0.25, 0.3) is 0 Å². The number of carbonyl (C=O) groups is 1. The standard InChI is InChI=1S/C18H28N2O/c1-4-13(2)17(15-8-6-5-7-9-15)18(21)20-11-10-14(3)16(20)12-19/h5-9,13-14,16-17H,4,10-12,19H2,1-3H3. The topological polar surface area (TPSA) is 46.3 Å². The van der Waals surface area contributed by atoms with Crippen molar-refractivity contribution in [2.24, 2.45) is 17.6 Å². The molecule has 1 amide bonds. The van der Waals surface area contributed by atoms with E-state index in [1.54, 1.807) is 0 Å². The maximum absolute atomic E-state index is 13.1. The predicted octanol–water partition coefficient (Wildman–Crippen LogP) is 3.01. The van der Waals surface area contributed by atoms with Crippen LogP contribution in [0, 0.1) is 11.8 Å². The minimum absolute atomic E-state index is 0.0458. The van der Waals surface area contributed by atoms with Gasteiger partial charge in [0.05, 0.1) is 5.92 Å². The van der Waals surface area contributed by atoms with Gasteiger partial charge in [0.2, 0.25) is 5.91 Å². The van der Waals surface area contributed by atoms with E-state index in [-0.39, 0.29) is 17.9 Å². The van der Waals surface area contributed by atoms with Crippen LogP contribution >= 0.6 is 0 Å². The van der Waals surface area contributed by atoms with Crippen LogP contribution in [0.5, 0.6) is 0 Å². The van der Waals surface area contributed by atoms with Crippen molar-refractivity contribution >= 4 is 5.91 Å². The van der Waals surface area contributed by atoms with Gasteiger partial charge in [0.1, 0.15) is 0 Å². The van der Waals surface area contributed by atoms with Crippen LogP contribution in [0.15, 0.2) is 30.3 Å². The summed E-state index contributed by atoms with van der Waals surface area (Å²) in [7, 11) is 0. The van der Waals surface area contributed by atoms with Gasteiger partial charge in [-0.2, -0.15) is 0 Å². The lowest BCUT2D eigenvalue weighted by Crippen LogP contribution is -2.45. The second kappa shape index (κ2) is 7.08. The fourth-order valence-electron chi connectivity index (χ4n) is 3.43. The molecule has 2 N–H and O–H groups in total. The van der Waals surface area contributed by atoms with E-state index >= 15 is 0 Å². The van der Waals surface area contributed by atoms with Gasteiger partial charge < -0.3 is 10.6 Å². The first kappa shape index (κ1) is 16.0. The van der Waals surface area contributed by atoms with E-state index in [9.17, 15) is 4.79 Å². The maximum Gasteiger partial charge on any atom is 0.230 e. The van der Waals surface area contributed by atoms with E-state index in [4.69, 9.17) is 5.73 Å². The lowest BCUT2D eigenvalue weighted by atomic mass is 9.84. The Morgan fingerprint density at radius 2 is 2.05 bits per heavy atom. The van der Waals surface area contributed by atoms with Gasteiger partial charge in [0, 0.05) is 19.1 Å². The van der Waals surface area contributed by atoms with E-state index in [1.165, 1.54) is 0 Å². The Morgan fingerprint density at radius 1 is 1.38 bits per heavy atom. The largest absolute Gasteiger partial charge is 0.338 e. The van der Waals surface area contributed by atoms with Gasteiger partial charge in [-0.3, -0.25) is 4.79 Å². The Labute approximate surface area is 128 Å². The average Bonchev–Trinajstić information content (AvgIpc) is 2.89. The van der Waals surface area contributed by atoms with Gasteiger partial charge >= 0.3 is 0 Å². The van der Waals surface area contributed by atoms with Crippen LogP contribution in [0.1, 0.15) is 45.1 Å². The molecule has 116 valence electrons. The molecule has 0 aliphatic carbocycles. The second-order valence-corrected chi connectivity index (χ2v) is 6.37. The smallest absolute Gasteiger partial charge is 0.230 e. The van der Waals surface area contributed by atoms with Crippen molar-refractivity contribution in [3.05, 3.63) is 35.9 Å². The molecule has 1 aromatic rings. The Hall–Kier alpha value is -1.35. The molecule has 0 spiro atoms. The molecule has 0 bridgehead atoms. The highest BCUT2D eigenvalue weighted by atomic mass is 16.2. The quantitative estimate of drug-likeness (QED) is 0.905. The Kier molecular flexibility index (Phi) is 5.40. The minimum atomic E-state index is -0.0458. The Morgan fingerprint density at radius 3 is 2.62 bits per heavy atom. The van der Waals surface area contributed by atoms with Crippen molar-refractivity contribution in [1.29, 1.82) is 0 Å². The fourth-order valence-corrected chi connectivity index (χ4v) is 3.43. The lowest BCUT2D eigenvalue weighted by Gasteiger charge is -2.32. The number of rotatable bonds is 5. The van der Waals surface area contributed by atoms with Gasteiger partial charge in [-0.15, -0.1) is 0 Å². The number of likely N-dealkylation sites (tertiary alicyclic amines) is 1. The molecule has 1 fully saturated rings. The van der Waals surface area contributed by atoms with Gasteiger partial charge in [-0.1, -0.05) is 57.5 Å². The van der Waals surface area contributed by atoms with Crippen LogP contribution in [0.3, 0.4) is 0 Å². The van der Waals surface area contributed by atoms with Crippen molar-refractivity contribution in [2.75, 3.05) is 13.1 Å². The van der Waals surface area contributed by atoms with Gasteiger partial charge in [0.15, 0.2) is 0 Å². The summed E-state index contributed by atoms with van der Waals surface area (Å²) in [5.41, 5.74) is 7.04. The number of hydrogen-bond donors (Lipinski definition) is 1. The molecule has 1 aliphatic heterocycles. The third-order valence-electron chi connectivity index (χ3n) is 5.04. The molecule has 21 heavy (non-hydrogen) atoms. The molecule has 3 nitrogen and oxygen atoms in total. The van der Waals surface area contributed by atoms with Crippen molar-refractivity contribution in [1.82, 2.24) is 4.90 Å². The van der Waals surface area contributed by atoms with E-state index in [1.807, 2.05) is 23.1 Å². The SMILES string of the molecule is CCC(C)C(C(=O)N1CCC(C)C1CN)c1ccccc1. The van der Waals surface area contributed by atoms with Crippen molar-refractivity contribution in [2.45, 2.75) is 45.6 Å². The fraction of sp³-hybridized carbons (Fsp3) is 0.611. The third kappa shape index (κ3) is 3.29. The highest BCUT2D eigenvalue weighted by Gasteiger charge is 2.38. The number of nitrogens with zero attached hydrogens (tertiary/aromatic N) is 1. The summed E-state index contributed by atoms with van der Waals surface area (Å²) < 4.78 is 0. The van der Waals surface area contributed by atoms with Gasteiger partial charge in [-0.25, -0.2) is 0 Å². The molecule has 1 aliphatic rings. The van der Waals surface area contributed by atoms with E-state index in [0.29, 0.717) is 18.4 Å². The summed E-state index contributed by atoms with van der Waals surface area (Å²) in [5, 5.41) is 0. The molecule has 0 aromatic heterocycles. The third-order valence-corrected chi connectivity index (χ3v) is 5.04. The molecule has 0 saturated carbocycles. The molecule has 1 saturated heterocycles. The summed E-state index contributed by atoms with van der Waals surface area (Å²) in [4.78, 5) is 15.2. The molecule has 1 aromatic carbocycles. The van der Waals surface area contributed by atoms with E-state index in [2.05, 4.69) is 32.9 Å². The molecule has 4 atom stereocenters. The summed E-state index contributed by atoms with van der Waals surface area (Å²) in [6, 6.07) is 10.4. The average molecular weight is 288 g/mol. The molecule has 2 rings (SSSR count). The molecule has 1 heterocycles. The second-order valence-electron chi connectivity index (χ2n) is 6.37. The summed E-state index contributed by atoms with van der Waals surface area (Å²) in [5.74, 6) is 1.06. The first-order valence-corrected chi connectivity index (χ1v) is 8.15. The molecule has 4 unspecified atom stereocenters. The molecule has 0 radical (unpaired) electrons. The van der Waals surface area contributed by atoms with E-state index < -0.39 is 0 Å². The van der Waals surface area contributed by atoms with Gasteiger partial charge in [-0.05, 0) is 23.8 Å². The highest BCUT2D eigenvalue weighted by Crippen LogP contribution is 2.33. The molecular weight excluding hydrogens is 260 g/mol. The monoisotopic (exact) mass is 288 g/mol. The first-order valence-electron chi connectivity index (χ1n) is 8.15. The van der Waals surface area contributed by atoms with Crippen LogP contribution < -0.4 is 5.73 Å². The zero-order valence-electron chi connectivity index (χ0n) is 13.5. The van der Waals surface area contributed by atoms with Crippen molar-refractivity contribution in [3.63, 3.8) is 0 Å². The minimum Gasteiger partial charge on any atom is -0.338 e. The molecular formula is C18H28N2O.